The first-order valence-electron chi connectivity index (χ1n) is 18.3. The Morgan fingerprint density at radius 1 is 0.340 bits per heavy atom. The van der Waals surface area contributed by atoms with Gasteiger partial charge in [0, 0.05) is 33.9 Å². The normalized spacial score (nSPS) is 12.5. The SMILES string of the molecule is CC1(C)c2ccccc2-c2cc(Nc3ccc(-c4ccc(N(c5ccc(-c6ccccc6)cc5)c5ccc(-c6ccccc6)cc5)cc4)cc3)ccc21. The molecule has 0 unspecified atom stereocenters. The monoisotopic (exact) mass is 680 g/mol. The number of rotatable bonds is 8. The van der Waals surface area contributed by atoms with Gasteiger partial charge in [-0.2, -0.15) is 0 Å². The Morgan fingerprint density at radius 3 is 1.21 bits per heavy atom. The van der Waals surface area contributed by atoms with Crippen LogP contribution in [0.3, 0.4) is 0 Å². The fourth-order valence-electron chi connectivity index (χ4n) is 7.83. The van der Waals surface area contributed by atoms with Crippen LogP contribution in [0.15, 0.2) is 200 Å². The Kier molecular flexibility index (Phi) is 8.21. The van der Waals surface area contributed by atoms with Crippen LogP contribution in [-0.2, 0) is 5.41 Å². The molecule has 2 nitrogen and oxygen atoms in total. The summed E-state index contributed by atoms with van der Waals surface area (Å²) in [6.45, 7) is 4.64. The number of benzene rings is 8. The van der Waals surface area contributed by atoms with Gasteiger partial charge in [-0.05, 0) is 116 Å². The van der Waals surface area contributed by atoms with Crippen molar-refractivity contribution in [1.82, 2.24) is 0 Å². The summed E-state index contributed by atoms with van der Waals surface area (Å²) in [5.74, 6) is 0. The van der Waals surface area contributed by atoms with Gasteiger partial charge in [0.25, 0.3) is 0 Å². The number of hydrogen-bond donors (Lipinski definition) is 1. The smallest absolute Gasteiger partial charge is 0.0462 e. The number of nitrogens with one attached hydrogen (secondary N) is 1. The molecular weight excluding hydrogens is 641 g/mol. The number of hydrogen-bond acceptors (Lipinski definition) is 2. The number of nitrogens with zero attached hydrogens (tertiary/aromatic N) is 1. The Bertz CT molecular complexity index is 2420. The number of anilines is 5. The standard InChI is InChI=1S/C51H40N2/c1-51(2)49-16-10-9-15-47(49)48-35-43(27-34-50(48)51)52-42-25-17-38(18-26-42)41-23-32-46(33-24-41)53(44-28-19-39(20-29-44)36-11-5-3-6-12-36)45-30-21-40(22-31-45)37-13-7-4-8-14-37/h3-35,52H,1-2H3. The molecule has 0 atom stereocenters. The van der Waals surface area contributed by atoms with E-state index in [-0.39, 0.29) is 5.41 Å². The van der Waals surface area contributed by atoms with Gasteiger partial charge in [0.05, 0.1) is 0 Å². The maximum absolute atomic E-state index is 3.65. The molecule has 0 bridgehead atoms. The van der Waals surface area contributed by atoms with Gasteiger partial charge in [0.15, 0.2) is 0 Å². The van der Waals surface area contributed by atoms with Crippen LogP contribution < -0.4 is 10.2 Å². The Hall–Kier alpha value is -6.64. The minimum Gasteiger partial charge on any atom is -0.356 e. The van der Waals surface area contributed by atoms with Gasteiger partial charge in [-0.15, -0.1) is 0 Å². The van der Waals surface area contributed by atoms with E-state index in [2.05, 4.69) is 224 Å². The van der Waals surface area contributed by atoms with E-state index >= 15 is 0 Å². The summed E-state index contributed by atoms with van der Waals surface area (Å²) in [7, 11) is 0. The average Bonchev–Trinajstić information content (AvgIpc) is 3.45. The van der Waals surface area contributed by atoms with Crippen molar-refractivity contribution in [3.63, 3.8) is 0 Å². The van der Waals surface area contributed by atoms with Crippen LogP contribution >= 0.6 is 0 Å². The summed E-state index contributed by atoms with van der Waals surface area (Å²) >= 11 is 0. The highest BCUT2D eigenvalue weighted by Crippen LogP contribution is 2.49. The molecule has 0 saturated carbocycles. The molecule has 0 aliphatic heterocycles. The Morgan fingerprint density at radius 2 is 0.717 bits per heavy atom. The topological polar surface area (TPSA) is 15.3 Å². The summed E-state index contributed by atoms with van der Waals surface area (Å²) in [4.78, 5) is 2.33. The zero-order chi connectivity index (χ0) is 35.8. The molecule has 8 aromatic rings. The van der Waals surface area contributed by atoms with Crippen LogP contribution in [0, 0.1) is 0 Å². The van der Waals surface area contributed by atoms with E-state index in [0.717, 1.165) is 28.4 Å². The van der Waals surface area contributed by atoms with Gasteiger partial charge in [0.1, 0.15) is 0 Å². The van der Waals surface area contributed by atoms with Gasteiger partial charge in [-0.1, -0.05) is 153 Å². The molecule has 9 rings (SSSR count). The quantitative estimate of drug-likeness (QED) is 0.172. The van der Waals surface area contributed by atoms with E-state index in [1.807, 2.05) is 0 Å². The molecule has 1 aliphatic carbocycles. The van der Waals surface area contributed by atoms with Crippen LogP contribution in [0.5, 0.6) is 0 Å². The van der Waals surface area contributed by atoms with Gasteiger partial charge in [0.2, 0.25) is 0 Å². The van der Waals surface area contributed by atoms with Gasteiger partial charge in [-0.3, -0.25) is 0 Å². The first-order valence-corrected chi connectivity index (χ1v) is 18.3. The predicted molar refractivity (Wildman–Crippen MR) is 225 cm³/mol. The summed E-state index contributed by atoms with van der Waals surface area (Å²) in [6, 6.07) is 72.0. The van der Waals surface area contributed by atoms with Crippen molar-refractivity contribution in [1.29, 1.82) is 0 Å². The highest BCUT2D eigenvalue weighted by atomic mass is 15.1. The third-order valence-electron chi connectivity index (χ3n) is 10.7. The molecule has 0 fully saturated rings. The molecule has 254 valence electrons. The molecule has 2 heteroatoms. The van der Waals surface area contributed by atoms with Crippen molar-refractivity contribution in [2.24, 2.45) is 0 Å². The molecule has 8 aromatic carbocycles. The van der Waals surface area contributed by atoms with Crippen molar-refractivity contribution in [3.8, 4) is 44.5 Å². The number of fused-ring (bicyclic) bond motifs is 3. The molecule has 0 aromatic heterocycles. The van der Waals surface area contributed by atoms with Crippen molar-refractivity contribution in [2.75, 3.05) is 10.2 Å². The Labute approximate surface area is 312 Å². The van der Waals surface area contributed by atoms with Gasteiger partial charge >= 0.3 is 0 Å². The van der Waals surface area contributed by atoms with E-state index in [1.54, 1.807) is 0 Å². The highest BCUT2D eigenvalue weighted by molar-refractivity contribution is 5.84. The second kappa shape index (κ2) is 13.5. The molecule has 53 heavy (non-hydrogen) atoms. The van der Waals surface area contributed by atoms with Crippen molar-refractivity contribution >= 4 is 28.4 Å². The lowest BCUT2D eigenvalue weighted by molar-refractivity contribution is 0.660. The second-order valence-electron chi connectivity index (χ2n) is 14.3. The van der Waals surface area contributed by atoms with Crippen molar-refractivity contribution < 1.29 is 0 Å². The van der Waals surface area contributed by atoms with Gasteiger partial charge < -0.3 is 10.2 Å². The summed E-state index contributed by atoms with van der Waals surface area (Å²) < 4.78 is 0. The maximum atomic E-state index is 3.65. The average molecular weight is 681 g/mol. The van der Waals surface area contributed by atoms with E-state index in [1.165, 1.54) is 55.6 Å². The summed E-state index contributed by atoms with van der Waals surface area (Å²) in [6.07, 6.45) is 0. The minimum absolute atomic E-state index is 0.0126. The minimum atomic E-state index is 0.0126. The molecule has 0 spiro atoms. The van der Waals surface area contributed by atoms with Crippen LogP contribution in [0.25, 0.3) is 44.5 Å². The molecular formula is C51H40N2. The lowest BCUT2D eigenvalue weighted by Crippen LogP contribution is -2.14. The predicted octanol–water partition coefficient (Wildman–Crippen LogP) is 14.2. The third kappa shape index (κ3) is 6.19. The molecule has 0 saturated heterocycles. The van der Waals surface area contributed by atoms with E-state index < -0.39 is 0 Å². The summed E-state index contributed by atoms with van der Waals surface area (Å²) in [5, 5.41) is 3.65. The maximum Gasteiger partial charge on any atom is 0.0462 e. The molecule has 0 amide bonds. The third-order valence-corrected chi connectivity index (χ3v) is 10.7. The van der Waals surface area contributed by atoms with Gasteiger partial charge in [-0.25, -0.2) is 0 Å². The van der Waals surface area contributed by atoms with Crippen LogP contribution in [0.1, 0.15) is 25.0 Å². The van der Waals surface area contributed by atoms with Crippen molar-refractivity contribution in [2.45, 2.75) is 19.3 Å². The first-order chi connectivity index (χ1) is 26.0. The molecule has 0 heterocycles. The highest BCUT2D eigenvalue weighted by Gasteiger charge is 2.35. The molecule has 1 N–H and O–H groups in total. The fourth-order valence-corrected chi connectivity index (χ4v) is 7.83. The lowest BCUT2D eigenvalue weighted by atomic mass is 9.82. The van der Waals surface area contributed by atoms with Crippen LogP contribution in [-0.4, -0.2) is 0 Å². The fraction of sp³-hybridized carbons (Fsp3) is 0.0588. The lowest BCUT2D eigenvalue weighted by Gasteiger charge is -2.26. The first kappa shape index (κ1) is 32.3. The van der Waals surface area contributed by atoms with Crippen LogP contribution in [0.2, 0.25) is 0 Å². The van der Waals surface area contributed by atoms with E-state index in [4.69, 9.17) is 0 Å². The van der Waals surface area contributed by atoms with E-state index in [0.29, 0.717) is 0 Å². The molecule has 1 aliphatic rings. The second-order valence-corrected chi connectivity index (χ2v) is 14.3. The zero-order valence-electron chi connectivity index (χ0n) is 30.0. The Balaban J connectivity index is 0.977. The molecule has 0 radical (unpaired) electrons. The van der Waals surface area contributed by atoms with E-state index in [9.17, 15) is 0 Å². The largest absolute Gasteiger partial charge is 0.356 e. The van der Waals surface area contributed by atoms with Crippen LogP contribution in [0.4, 0.5) is 28.4 Å². The van der Waals surface area contributed by atoms with Crippen molar-refractivity contribution in [3.05, 3.63) is 211 Å². The summed E-state index contributed by atoms with van der Waals surface area (Å²) in [5.41, 5.74) is 18.1. The zero-order valence-corrected chi connectivity index (χ0v) is 30.0.